The van der Waals surface area contributed by atoms with Gasteiger partial charge in [0.05, 0.1) is 11.1 Å². The lowest BCUT2D eigenvalue weighted by Gasteiger charge is -2.40. The predicted octanol–water partition coefficient (Wildman–Crippen LogP) is 6.83. The molecule has 0 saturated heterocycles. The number of allylic oxidation sites excluding steroid dienone is 2. The zero-order valence-corrected chi connectivity index (χ0v) is 20.9. The molecule has 4 bridgehead atoms. The maximum Gasteiger partial charge on any atom is 0.339 e. The first-order valence-corrected chi connectivity index (χ1v) is 13.7. The summed E-state index contributed by atoms with van der Waals surface area (Å²) in [6, 6.07) is 27.2. The van der Waals surface area contributed by atoms with Crippen LogP contribution in [0.15, 0.2) is 97.1 Å². The number of benzene rings is 4. The first-order valence-electron chi connectivity index (χ1n) is 13.7. The molecule has 0 radical (unpaired) electrons. The Morgan fingerprint density at radius 1 is 0.553 bits per heavy atom. The number of hydrogen-bond donors (Lipinski definition) is 0. The van der Waals surface area contributed by atoms with Gasteiger partial charge in [0, 0.05) is 11.8 Å². The summed E-state index contributed by atoms with van der Waals surface area (Å²) in [6.45, 7) is 0. The van der Waals surface area contributed by atoms with Crippen LogP contribution in [0, 0.1) is 35.5 Å². The van der Waals surface area contributed by atoms with E-state index in [1.165, 1.54) is 6.42 Å². The van der Waals surface area contributed by atoms with Crippen molar-refractivity contribution in [2.45, 2.75) is 25.0 Å². The molecule has 0 aromatic heterocycles. The van der Waals surface area contributed by atoms with Gasteiger partial charge in [-0.1, -0.05) is 84.9 Å². The lowest BCUT2D eigenvalue weighted by Crippen LogP contribution is -2.47. The fourth-order valence-corrected chi connectivity index (χ4v) is 8.42. The van der Waals surface area contributed by atoms with Crippen molar-refractivity contribution in [2.24, 2.45) is 35.5 Å². The molecule has 4 heteroatoms. The van der Waals surface area contributed by atoms with E-state index in [9.17, 15) is 9.59 Å². The Labute approximate surface area is 221 Å². The highest BCUT2D eigenvalue weighted by molar-refractivity contribution is 6.05. The molecule has 0 spiro atoms. The van der Waals surface area contributed by atoms with Crippen LogP contribution in [-0.2, 0) is 9.47 Å². The summed E-state index contributed by atoms with van der Waals surface area (Å²) >= 11 is 0. The van der Waals surface area contributed by atoms with E-state index in [1.807, 2.05) is 84.9 Å². The van der Waals surface area contributed by atoms with Gasteiger partial charge < -0.3 is 9.47 Å². The van der Waals surface area contributed by atoms with Crippen LogP contribution in [0.2, 0.25) is 0 Å². The van der Waals surface area contributed by atoms with Crippen LogP contribution in [0.4, 0.5) is 0 Å². The van der Waals surface area contributed by atoms with Gasteiger partial charge in [-0.05, 0) is 70.2 Å². The summed E-state index contributed by atoms with van der Waals surface area (Å²) < 4.78 is 12.7. The number of hydrogen-bond acceptors (Lipinski definition) is 4. The molecule has 4 aliphatic rings. The van der Waals surface area contributed by atoms with Crippen molar-refractivity contribution in [3.05, 3.63) is 108 Å². The molecule has 8 atom stereocenters. The average Bonchev–Trinajstić information content (AvgIpc) is 3.73. The van der Waals surface area contributed by atoms with Crippen LogP contribution in [0.1, 0.15) is 33.6 Å². The van der Waals surface area contributed by atoms with Crippen LogP contribution in [-0.4, -0.2) is 24.1 Å². The van der Waals surface area contributed by atoms with E-state index in [0.717, 1.165) is 28.0 Å². The fourth-order valence-electron chi connectivity index (χ4n) is 8.42. The molecule has 4 aromatic rings. The van der Waals surface area contributed by atoms with Crippen molar-refractivity contribution < 1.29 is 19.1 Å². The van der Waals surface area contributed by atoms with Gasteiger partial charge in [-0.3, -0.25) is 0 Å². The molecule has 38 heavy (non-hydrogen) atoms. The highest BCUT2D eigenvalue weighted by Gasteiger charge is 2.67. The second-order valence-corrected chi connectivity index (χ2v) is 11.5. The molecule has 8 unspecified atom stereocenters. The van der Waals surface area contributed by atoms with Crippen molar-refractivity contribution in [3.63, 3.8) is 0 Å². The highest BCUT2D eigenvalue weighted by atomic mass is 16.6. The Kier molecular flexibility index (Phi) is 4.82. The lowest BCUT2D eigenvalue weighted by atomic mass is 9.71. The first kappa shape index (κ1) is 22.1. The predicted molar refractivity (Wildman–Crippen MR) is 146 cm³/mol. The zero-order chi connectivity index (χ0) is 25.4. The third-order valence-electron chi connectivity index (χ3n) is 9.79. The summed E-state index contributed by atoms with van der Waals surface area (Å²) in [5.74, 6) is 1.88. The second-order valence-electron chi connectivity index (χ2n) is 11.5. The van der Waals surface area contributed by atoms with Crippen LogP contribution in [0.5, 0.6) is 0 Å². The summed E-state index contributed by atoms with van der Waals surface area (Å²) in [5, 5.41) is 3.78. The lowest BCUT2D eigenvalue weighted by molar-refractivity contribution is -0.0824. The minimum absolute atomic E-state index is 0.217. The Morgan fingerprint density at radius 3 is 1.50 bits per heavy atom. The van der Waals surface area contributed by atoms with Crippen molar-refractivity contribution >= 4 is 33.5 Å². The average molecular weight is 501 g/mol. The molecule has 8 rings (SSSR count). The Bertz CT molecular complexity index is 1510. The second kappa shape index (κ2) is 8.29. The van der Waals surface area contributed by atoms with E-state index in [2.05, 4.69) is 12.2 Å². The van der Waals surface area contributed by atoms with Gasteiger partial charge in [-0.2, -0.15) is 0 Å². The van der Waals surface area contributed by atoms with Crippen LogP contribution < -0.4 is 0 Å². The van der Waals surface area contributed by atoms with E-state index in [0.29, 0.717) is 34.8 Å². The van der Waals surface area contributed by atoms with E-state index in [4.69, 9.17) is 9.47 Å². The maximum atomic E-state index is 13.6. The van der Waals surface area contributed by atoms with Crippen LogP contribution >= 0.6 is 0 Å². The third kappa shape index (κ3) is 3.16. The molecular weight excluding hydrogens is 472 g/mol. The van der Waals surface area contributed by atoms with Gasteiger partial charge in [0.1, 0.15) is 12.2 Å². The molecule has 3 fully saturated rings. The van der Waals surface area contributed by atoms with Crippen molar-refractivity contribution in [1.29, 1.82) is 0 Å². The molecule has 3 saturated carbocycles. The monoisotopic (exact) mass is 500 g/mol. The first-order chi connectivity index (χ1) is 18.7. The van der Waals surface area contributed by atoms with Gasteiger partial charge in [0.25, 0.3) is 0 Å². The minimum atomic E-state index is -0.431. The summed E-state index contributed by atoms with van der Waals surface area (Å²) in [7, 11) is 0. The van der Waals surface area contributed by atoms with E-state index in [-0.39, 0.29) is 23.8 Å². The Morgan fingerprint density at radius 2 is 1.00 bits per heavy atom. The Hall–Kier alpha value is -3.92. The van der Waals surface area contributed by atoms with Crippen molar-refractivity contribution in [1.82, 2.24) is 0 Å². The number of rotatable bonds is 4. The molecule has 0 aliphatic heterocycles. The van der Waals surface area contributed by atoms with Crippen LogP contribution in [0.3, 0.4) is 0 Å². The highest BCUT2D eigenvalue weighted by Crippen LogP contribution is 2.66. The number of esters is 2. The minimum Gasteiger partial charge on any atom is -0.454 e. The molecule has 0 N–H and O–H groups in total. The molecule has 0 heterocycles. The zero-order valence-electron chi connectivity index (χ0n) is 20.9. The molecule has 0 amide bonds. The maximum absolute atomic E-state index is 13.6. The van der Waals surface area contributed by atoms with Crippen LogP contribution in [0.25, 0.3) is 21.5 Å². The van der Waals surface area contributed by atoms with Gasteiger partial charge >= 0.3 is 11.9 Å². The number of ether oxygens (including phenoxy) is 2. The smallest absolute Gasteiger partial charge is 0.339 e. The van der Waals surface area contributed by atoms with E-state index >= 15 is 0 Å². The molecule has 188 valence electrons. The largest absolute Gasteiger partial charge is 0.454 e. The molecule has 4 nitrogen and oxygen atoms in total. The van der Waals surface area contributed by atoms with E-state index < -0.39 is 12.2 Å². The molecular formula is C34H28O4. The van der Waals surface area contributed by atoms with Gasteiger partial charge in [0.2, 0.25) is 0 Å². The normalized spacial score (nSPS) is 32.1. The summed E-state index contributed by atoms with van der Waals surface area (Å²) in [5.41, 5.74) is 1.13. The van der Waals surface area contributed by atoms with E-state index in [1.54, 1.807) is 0 Å². The number of fused-ring (bicyclic) bond motifs is 11. The third-order valence-corrected chi connectivity index (χ3v) is 9.79. The van der Waals surface area contributed by atoms with Gasteiger partial charge in [0.15, 0.2) is 0 Å². The number of carbonyl (C=O) groups excluding carboxylic acids is 2. The molecule has 4 aliphatic carbocycles. The standard InChI is InChI=1S/C34H28O4/c35-33(25-13-5-9-19-7-1-3-11-23(19)25)37-31-27-18-28(30-22-16-15-21(17-22)29(27)30)32(31)38-34(36)26-14-6-10-20-8-2-4-12-24(20)26/h1-16,21-22,27-32H,17-18H2. The quantitative estimate of drug-likeness (QED) is 0.175. The number of carbonyl (C=O) groups is 2. The van der Waals surface area contributed by atoms with Crippen molar-refractivity contribution in [2.75, 3.05) is 0 Å². The Balaban J connectivity index is 1.14. The summed E-state index contributed by atoms with van der Waals surface area (Å²) in [4.78, 5) is 27.3. The SMILES string of the molecule is O=C(OC1C2CC(C1OC(=O)c1cccc3ccccc13)C1C3C=CC(C3)C21)c1cccc2ccccc12. The van der Waals surface area contributed by atoms with Crippen molar-refractivity contribution in [3.8, 4) is 0 Å². The van der Waals surface area contributed by atoms with Gasteiger partial charge in [-0.25, -0.2) is 9.59 Å². The molecule has 4 aromatic carbocycles. The topological polar surface area (TPSA) is 52.6 Å². The van der Waals surface area contributed by atoms with Gasteiger partial charge in [-0.15, -0.1) is 0 Å². The fraction of sp³-hybridized carbons (Fsp3) is 0.294. The summed E-state index contributed by atoms with van der Waals surface area (Å²) in [6.07, 6.45) is 6.00.